The largest absolute Gasteiger partial charge is 0.455 e. The van der Waals surface area contributed by atoms with Gasteiger partial charge in [0, 0.05) is 25.6 Å². The van der Waals surface area contributed by atoms with E-state index in [1.54, 1.807) is 6.92 Å². The van der Waals surface area contributed by atoms with E-state index in [0.29, 0.717) is 32.5 Å². The van der Waals surface area contributed by atoms with Crippen LogP contribution in [0.25, 0.3) is 0 Å². The van der Waals surface area contributed by atoms with Gasteiger partial charge in [-0.2, -0.15) is 0 Å². The molecule has 178 valence electrons. The third kappa shape index (κ3) is 7.14. The molecule has 1 saturated heterocycles. The van der Waals surface area contributed by atoms with Crippen LogP contribution in [0.2, 0.25) is 0 Å². The van der Waals surface area contributed by atoms with E-state index in [1.165, 1.54) is 15.4 Å². The van der Waals surface area contributed by atoms with Crippen LogP contribution in [0.3, 0.4) is 0 Å². The van der Waals surface area contributed by atoms with Gasteiger partial charge in [0.1, 0.15) is 0 Å². The Bertz CT molecular complexity index is 964. The van der Waals surface area contributed by atoms with Crippen LogP contribution in [0.5, 0.6) is 0 Å². The molecule has 1 fully saturated rings. The van der Waals surface area contributed by atoms with Crippen LogP contribution in [-0.2, 0) is 24.3 Å². The van der Waals surface area contributed by atoms with Gasteiger partial charge in [-0.15, -0.1) is 0 Å². The second kappa shape index (κ2) is 12.0. The highest BCUT2D eigenvalue weighted by molar-refractivity contribution is 7.89. The predicted octanol–water partition coefficient (Wildman–Crippen LogP) is 2.93. The van der Waals surface area contributed by atoms with Gasteiger partial charge in [-0.3, -0.25) is 9.59 Å². The molecule has 2 aromatic carbocycles. The minimum atomic E-state index is -3.24. The van der Waals surface area contributed by atoms with Gasteiger partial charge in [0.25, 0.3) is 5.91 Å². The lowest BCUT2D eigenvalue weighted by Gasteiger charge is -2.29. The third-order valence-electron chi connectivity index (χ3n) is 6.05. The third-order valence-corrected chi connectivity index (χ3v) is 7.93. The van der Waals surface area contributed by atoms with Crippen LogP contribution >= 0.6 is 0 Å². The number of amides is 1. The first-order valence-corrected chi connectivity index (χ1v) is 13.0. The smallest absolute Gasteiger partial charge is 0.309 e. The lowest BCUT2D eigenvalue weighted by Crippen LogP contribution is -2.41. The fourth-order valence-electron chi connectivity index (χ4n) is 4.11. The van der Waals surface area contributed by atoms with Crippen molar-refractivity contribution in [3.63, 3.8) is 0 Å². The van der Waals surface area contributed by atoms with Crippen LogP contribution in [0.4, 0.5) is 0 Å². The Morgan fingerprint density at radius 3 is 2.06 bits per heavy atom. The molecule has 0 aliphatic carbocycles. The summed E-state index contributed by atoms with van der Waals surface area (Å²) in [5.41, 5.74) is 2.36. The minimum Gasteiger partial charge on any atom is -0.455 e. The highest BCUT2D eigenvalue weighted by Gasteiger charge is 2.31. The predicted molar refractivity (Wildman–Crippen MR) is 127 cm³/mol. The average molecular weight is 473 g/mol. The molecule has 0 aromatic heterocycles. The van der Waals surface area contributed by atoms with E-state index in [-0.39, 0.29) is 30.1 Å². The van der Waals surface area contributed by atoms with E-state index in [1.807, 2.05) is 36.4 Å². The number of rotatable bonds is 10. The average Bonchev–Trinajstić information content (AvgIpc) is 2.86. The lowest BCUT2D eigenvalue weighted by molar-refractivity contribution is -0.153. The van der Waals surface area contributed by atoms with Crippen molar-refractivity contribution in [1.82, 2.24) is 9.62 Å². The molecule has 0 bridgehead atoms. The van der Waals surface area contributed by atoms with Crippen molar-refractivity contribution in [2.75, 3.05) is 32.0 Å². The zero-order chi connectivity index (χ0) is 23.7. The van der Waals surface area contributed by atoms with Gasteiger partial charge in [-0.05, 0) is 37.3 Å². The van der Waals surface area contributed by atoms with Crippen LogP contribution in [0.15, 0.2) is 60.7 Å². The first-order chi connectivity index (χ1) is 15.9. The van der Waals surface area contributed by atoms with E-state index in [0.717, 1.165) is 6.42 Å². The summed E-state index contributed by atoms with van der Waals surface area (Å²) in [4.78, 5) is 24.5. The number of carbonyl (C=O) groups is 2. The summed E-state index contributed by atoms with van der Waals surface area (Å²) in [5, 5.41) is 2.84. The molecule has 3 rings (SSSR count). The summed E-state index contributed by atoms with van der Waals surface area (Å²) < 4.78 is 30.5. The number of benzene rings is 2. The molecule has 0 radical (unpaired) electrons. The van der Waals surface area contributed by atoms with Gasteiger partial charge in [-0.1, -0.05) is 60.7 Å². The van der Waals surface area contributed by atoms with Crippen LogP contribution in [0.1, 0.15) is 43.2 Å². The second-order valence-corrected chi connectivity index (χ2v) is 10.5. The zero-order valence-corrected chi connectivity index (χ0v) is 19.8. The molecule has 7 nitrogen and oxygen atoms in total. The van der Waals surface area contributed by atoms with Crippen molar-refractivity contribution in [1.29, 1.82) is 0 Å². The maximum Gasteiger partial charge on any atom is 0.309 e. The summed E-state index contributed by atoms with van der Waals surface area (Å²) in [5.74, 6) is -0.946. The van der Waals surface area contributed by atoms with Crippen molar-refractivity contribution >= 4 is 21.9 Å². The molecular weight excluding hydrogens is 440 g/mol. The lowest BCUT2D eigenvalue weighted by atomic mass is 9.88. The highest BCUT2D eigenvalue weighted by Crippen LogP contribution is 2.27. The molecule has 1 amide bonds. The molecule has 0 spiro atoms. The van der Waals surface area contributed by atoms with Crippen molar-refractivity contribution in [2.24, 2.45) is 5.92 Å². The van der Waals surface area contributed by atoms with E-state index in [4.69, 9.17) is 4.74 Å². The number of piperidine rings is 1. The Labute approximate surface area is 196 Å². The molecule has 1 N–H and O–H groups in total. The molecule has 8 heteroatoms. The molecule has 1 heterocycles. The van der Waals surface area contributed by atoms with Crippen molar-refractivity contribution in [2.45, 2.75) is 32.1 Å². The topological polar surface area (TPSA) is 92.8 Å². The van der Waals surface area contributed by atoms with Crippen molar-refractivity contribution in [3.8, 4) is 0 Å². The van der Waals surface area contributed by atoms with Gasteiger partial charge >= 0.3 is 5.97 Å². The monoisotopic (exact) mass is 472 g/mol. The molecule has 2 aromatic rings. The summed E-state index contributed by atoms with van der Waals surface area (Å²) >= 11 is 0. The standard InChI is InChI=1S/C25H32N2O5S/c1-2-33(30,31)27-17-14-22(15-18-27)25(29)32-19-24(28)26-16-13-23(20-9-5-3-6-10-20)21-11-7-4-8-12-21/h3-12,22-23H,2,13-19H2,1H3,(H,26,28). The fraction of sp³-hybridized carbons (Fsp3) is 0.440. The second-order valence-electron chi connectivity index (χ2n) is 8.19. The minimum absolute atomic E-state index is 0.0533. The quantitative estimate of drug-likeness (QED) is 0.537. The van der Waals surface area contributed by atoms with Crippen molar-refractivity contribution in [3.05, 3.63) is 71.8 Å². The zero-order valence-electron chi connectivity index (χ0n) is 19.0. The number of esters is 1. The van der Waals surface area contributed by atoms with E-state index in [2.05, 4.69) is 29.6 Å². The van der Waals surface area contributed by atoms with Gasteiger partial charge in [-0.25, -0.2) is 12.7 Å². The Kier molecular flexibility index (Phi) is 9.03. The van der Waals surface area contributed by atoms with Gasteiger partial charge in [0.15, 0.2) is 6.61 Å². The number of nitrogens with zero attached hydrogens (tertiary/aromatic N) is 1. The van der Waals surface area contributed by atoms with Crippen LogP contribution in [-0.4, -0.2) is 56.6 Å². The Hall–Kier alpha value is -2.71. The van der Waals surface area contributed by atoms with E-state index in [9.17, 15) is 18.0 Å². The number of nitrogens with one attached hydrogen (secondary N) is 1. The molecule has 0 saturated carbocycles. The normalized spacial score (nSPS) is 15.3. The summed E-state index contributed by atoms with van der Waals surface area (Å²) in [6.45, 7) is 2.35. The van der Waals surface area contributed by atoms with E-state index >= 15 is 0 Å². The first kappa shape index (κ1) is 24.9. The number of sulfonamides is 1. The first-order valence-electron chi connectivity index (χ1n) is 11.4. The number of hydrogen-bond donors (Lipinski definition) is 1. The number of carbonyl (C=O) groups excluding carboxylic acids is 2. The molecule has 1 aliphatic rings. The molecule has 33 heavy (non-hydrogen) atoms. The molecule has 0 unspecified atom stereocenters. The van der Waals surface area contributed by atoms with Gasteiger partial charge in [0.05, 0.1) is 11.7 Å². The van der Waals surface area contributed by atoms with E-state index < -0.39 is 16.0 Å². The Morgan fingerprint density at radius 2 is 1.55 bits per heavy atom. The van der Waals surface area contributed by atoms with Crippen molar-refractivity contribution < 1.29 is 22.7 Å². The van der Waals surface area contributed by atoms with Crippen LogP contribution < -0.4 is 5.32 Å². The summed E-state index contributed by atoms with van der Waals surface area (Å²) in [6, 6.07) is 20.3. The highest BCUT2D eigenvalue weighted by atomic mass is 32.2. The molecular formula is C25H32N2O5S. The summed E-state index contributed by atoms with van der Waals surface area (Å²) in [7, 11) is -3.24. The molecule has 0 atom stereocenters. The van der Waals surface area contributed by atoms with Gasteiger partial charge < -0.3 is 10.1 Å². The maximum absolute atomic E-state index is 12.3. The number of hydrogen-bond acceptors (Lipinski definition) is 5. The summed E-state index contributed by atoms with van der Waals surface area (Å²) in [6.07, 6.45) is 1.54. The molecule has 1 aliphatic heterocycles. The SMILES string of the molecule is CCS(=O)(=O)N1CCC(C(=O)OCC(=O)NCCC(c2ccccc2)c2ccccc2)CC1. The van der Waals surface area contributed by atoms with Crippen LogP contribution in [0, 0.1) is 5.92 Å². The maximum atomic E-state index is 12.3. The van der Waals surface area contributed by atoms with Gasteiger partial charge in [0.2, 0.25) is 10.0 Å². The Morgan fingerprint density at radius 1 is 1.00 bits per heavy atom. The Balaban J connectivity index is 1.43. The number of ether oxygens (including phenoxy) is 1. The fourth-order valence-corrected chi connectivity index (χ4v) is 5.24.